The van der Waals surface area contributed by atoms with Gasteiger partial charge in [0.15, 0.2) is 0 Å². The molecule has 0 spiro atoms. The lowest BCUT2D eigenvalue weighted by Crippen LogP contribution is -2.63. The second kappa shape index (κ2) is 12.9. The summed E-state index contributed by atoms with van der Waals surface area (Å²) in [5, 5.41) is 2.05. The Kier molecular flexibility index (Phi) is 7.56. The van der Waals surface area contributed by atoms with E-state index in [1.807, 2.05) is 123 Å². The van der Waals surface area contributed by atoms with Crippen LogP contribution in [0.25, 0.3) is 45.6 Å². The summed E-state index contributed by atoms with van der Waals surface area (Å²) in [7, 11) is 8.20. The van der Waals surface area contributed by atoms with Gasteiger partial charge in [-0.1, -0.05) is 94.4 Å². The number of hydrogen-bond donors (Lipinski definition) is 0. The molecule has 286 valence electrons. The van der Waals surface area contributed by atoms with E-state index in [0.29, 0.717) is 0 Å². The summed E-state index contributed by atoms with van der Waals surface area (Å²) < 4.78 is 8.32. The van der Waals surface area contributed by atoms with Crippen molar-refractivity contribution in [3.63, 3.8) is 0 Å². The molecule has 0 unspecified atom stereocenters. The summed E-state index contributed by atoms with van der Waals surface area (Å²) in [6, 6.07) is 18.5. The van der Waals surface area contributed by atoms with Crippen LogP contribution in [0.1, 0.15) is 0 Å². The van der Waals surface area contributed by atoms with E-state index in [1.54, 1.807) is 0 Å². The Morgan fingerprint density at radius 3 is 1.12 bits per heavy atom. The molecule has 16 heteroatoms. The van der Waals surface area contributed by atoms with Crippen molar-refractivity contribution in [2.75, 3.05) is 0 Å². The molecule has 13 rings (SSSR count). The molecule has 0 atom stereocenters. The van der Waals surface area contributed by atoms with Gasteiger partial charge in [0.25, 0.3) is 0 Å². The number of aromatic nitrogens is 10. The smallest absolute Gasteiger partial charge is 0.249 e. The van der Waals surface area contributed by atoms with E-state index in [4.69, 9.17) is 29.9 Å². The van der Waals surface area contributed by atoms with Crippen LogP contribution in [0.5, 0.6) is 0 Å². The zero-order chi connectivity index (χ0) is 40.0. The SMILES string of the molecule is Cn1ccnc1-c1ccc2c(c1)B1c3cc(-c4nccn4C)cnc3Sc3c4c5c(c(c31)S2)Sc1ccc(-c2nccn2C)cc1B5c1cc(-c2nccn2C)cnc1S4. The molecule has 60 heavy (non-hydrogen) atoms. The minimum Gasteiger partial charge on any atom is -0.334 e. The van der Waals surface area contributed by atoms with E-state index in [1.165, 1.54) is 62.1 Å². The van der Waals surface area contributed by atoms with Crippen LogP contribution in [0, 0.1) is 0 Å². The number of pyridine rings is 2. The molecule has 0 aliphatic carbocycles. The molecule has 4 aliphatic rings. The van der Waals surface area contributed by atoms with E-state index < -0.39 is 0 Å². The number of nitrogens with zero attached hydrogens (tertiary/aromatic N) is 10. The van der Waals surface area contributed by atoms with Crippen molar-refractivity contribution in [2.24, 2.45) is 28.2 Å². The van der Waals surface area contributed by atoms with Gasteiger partial charge >= 0.3 is 0 Å². The average Bonchev–Trinajstić information content (AvgIpc) is 4.10. The number of benzene rings is 3. The minimum absolute atomic E-state index is 0.0519. The van der Waals surface area contributed by atoms with E-state index in [-0.39, 0.29) is 13.4 Å². The van der Waals surface area contributed by atoms with Crippen LogP contribution in [-0.4, -0.2) is 61.6 Å². The van der Waals surface area contributed by atoms with Crippen LogP contribution in [0.4, 0.5) is 0 Å². The number of hydrogen-bond acceptors (Lipinski definition) is 10. The van der Waals surface area contributed by atoms with Crippen LogP contribution >= 0.6 is 47.0 Å². The molecule has 3 aromatic carbocycles. The maximum Gasteiger partial charge on any atom is 0.249 e. The molecule has 4 aliphatic heterocycles. The van der Waals surface area contributed by atoms with Crippen molar-refractivity contribution in [3.05, 3.63) is 110 Å². The predicted octanol–water partition coefficient (Wildman–Crippen LogP) is 4.97. The summed E-state index contributed by atoms with van der Waals surface area (Å²) in [5.74, 6) is 3.69. The maximum absolute atomic E-state index is 5.27. The van der Waals surface area contributed by atoms with Crippen molar-refractivity contribution in [2.45, 2.75) is 39.4 Å². The predicted molar refractivity (Wildman–Crippen MR) is 242 cm³/mol. The highest BCUT2D eigenvalue weighted by molar-refractivity contribution is 8.05. The zero-order valence-electron chi connectivity index (χ0n) is 32.7. The number of imidazole rings is 4. The van der Waals surface area contributed by atoms with Crippen LogP contribution in [0.3, 0.4) is 0 Å². The lowest BCUT2D eigenvalue weighted by atomic mass is 9.34. The molecule has 10 nitrogen and oxygen atoms in total. The van der Waals surface area contributed by atoms with Gasteiger partial charge in [0.1, 0.15) is 23.3 Å². The third-order valence-corrected chi connectivity index (χ3v) is 17.2. The number of aryl methyl sites for hydroxylation is 4. The first-order chi connectivity index (χ1) is 29.4. The Morgan fingerprint density at radius 1 is 0.400 bits per heavy atom. The normalized spacial score (nSPS) is 14.0. The van der Waals surface area contributed by atoms with Crippen LogP contribution < -0.4 is 32.8 Å². The van der Waals surface area contributed by atoms with Crippen LogP contribution in [0.15, 0.2) is 150 Å². The Labute approximate surface area is 362 Å². The van der Waals surface area contributed by atoms with Gasteiger partial charge in [-0.05, 0) is 34.0 Å². The number of rotatable bonds is 4. The molecule has 0 bridgehead atoms. The third-order valence-electron chi connectivity index (χ3n) is 12.1. The van der Waals surface area contributed by atoms with Gasteiger partial charge in [-0.15, -0.1) is 0 Å². The fourth-order valence-corrected chi connectivity index (χ4v) is 14.6. The third kappa shape index (κ3) is 4.98. The molecule has 9 aromatic rings. The quantitative estimate of drug-likeness (QED) is 0.226. The first kappa shape index (κ1) is 35.1. The highest BCUT2D eigenvalue weighted by atomic mass is 32.2. The fourth-order valence-electron chi connectivity index (χ4n) is 9.35. The van der Waals surface area contributed by atoms with Gasteiger partial charge in [0, 0.05) is 142 Å². The molecular formula is C44H30B2N10S4. The zero-order valence-corrected chi connectivity index (χ0v) is 35.9. The summed E-state index contributed by atoms with van der Waals surface area (Å²) in [6.45, 7) is -0.104. The summed E-state index contributed by atoms with van der Waals surface area (Å²) >= 11 is 7.44. The number of fused-ring (bicyclic) bond motifs is 10. The molecule has 0 saturated heterocycles. The largest absolute Gasteiger partial charge is 0.334 e. The van der Waals surface area contributed by atoms with Gasteiger partial charge < -0.3 is 18.3 Å². The average molecular weight is 849 g/mol. The van der Waals surface area contributed by atoms with Gasteiger partial charge in [-0.2, -0.15) is 0 Å². The molecule has 0 N–H and O–H groups in total. The van der Waals surface area contributed by atoms with E-state index >= 15 is 0 Å². The molecule has 10 heterocycles. The van der Waals surface area contributed by atoms with Crippen LogP contribution in [-0.2, 0) is 28.2 Å². The summed E-state index contributed by atoms with van der Waals surface area (Å²) in [6.07, 6.45) is 19.4. The lowest BCUT2D eigenvalue weighted by Gasteiger charge is -2.40. The Morgan fingerprint density at radius 2 is 0.750 bits per heavy atom. The van der Waals surface area contributed by atoms with Gasteiger partial charge in [-0.25, -0.2) is 29.9 Å². The van der Waals surface area contributed by atoms with Crippen LogP contribution in [0.2, 0.25) is 0 Å². The minimum atomic E-state index is -0.0519. The highest BCUT2D eigenvalue weighted by Crippen LogP contribution is 2.50. The van der Waals surface area contributed by atoms with Crippen molar-refractivity contribution >= 4 is 93.2 Å². The fraction of sp³-hybridized carbons (Fsp3) is 0.0909. The highest BCUT2D eigenvalue weighted by Gasteiger charge is 2.48. The first-order valence-corrected chi connectivity index (χ1v) is 22.8. The van der Waals surface area contributed by atoms with Crippen molar-refractivity contribution < 1.29 is 0 Å². The second-order valence-corrected chi connectivity index (χ2v) is 19.7. The van der Waals surface area contributed by atoms with Crippen molar-refractivity contribution in [3.8, 4) is 45.6 Å². The van der Waals surface area contributed by atoms with E-state index in [9.17, 15) is 0 Å². The molecule has 0 fully saturated rings. The van der Waals surface area contributed by atoms with E-state index in [2.05, 4.69) is 80.9 Å². The lowest BCUT2D eigenvalue weighted by molar-refractivity contribution is 0.922. The van der Waals surface area contributed by atoms with Gasteiger partial charge in [-0.3, -0.25) is 0 Å². The monoisotopic (exact) mass is 848 g/mol. The van der Waals surface area contributed by atoms with Gasteiger partial charge in [0.2, 0.25) is 13.4 Å². The first-order valence-electron chi connectivity index (χ1n) is 19.5. The maximum atomic E-state index is 5.27. The molecule has 0 amide bonds. The standard InChI is InChI=1S/C44H30B2N10S4/c1-53-13-9-47-39(53)23-5-7-31-27(17-23)45-29-19-25(41-49-11-15-55(41)3)21-51-43(29)59-37-33(45)35(57-31)36-34-38(37)60-44-30(20-26(22-52-44)42-50-12-16-56(42)4)46(34)28-18-24(6-8-32(28)58-36)40-48-10-14-54(40)2/h5-22H,1-4H3. The van der Waals surface area contributed by atoms with Crippen molar-refractivity contribution in [1.29, 1.82) is 0 Å². The Balaban J connectivity index is 1.08. The summed E-state index contributed by atoms with van der Waals surface area (Å²) in [5.41, 5.74) is 11.9. The molecule has 0 radical (unpaired) electrons. The van der Waals surface area contributed by atoms with Crippen molar-refractivity contribution in [1.82, 2.24) is 48.2 Å². The van der Waals surface area contributed by atoms with E-state index in [0.717, 1.165) is 55.6 Å². The molecule has 0 saturated carbocycles. The Hall–Kier alpha value is -5.67. The van der Waals surface area contributed by atoms with Gasteiger partial charge in [0.05, 0.1) is 10.1 Å². The summed E-state index contributed by atoms with van der Waals surface area (Å²) in [4.78, 5) is 37.3. The topological polar surface area (TPSA) is 97.1 Å². The second-order valence-electron chi connectivity index (χ2n) is 15.6. The Bertz CT molecular complexity index is 2900. The molecular weight excluding hydrogens is 818 g/mol. The molecule has 6 aromatic heterocycles.